The molecule has 5 aromatic carbocycles. The molecule has 0 unspecified atom stereocenters. The molecule has 1 aliphatic heterocycles. The molecule has 5 aromatic rings. The van der Waals surface area contributed by atoms with E-state index in [-0.39, 0.29) is 11.8 Å². The number of hydrogen-bond acceptors (Lipinski definition) is 3. The number of benzene rings is 5. The number of nitrogens with one attached hydrogen (secondary N) is 1. The SMILES string of the molecule is O=C(Nc1ccc(N2CCN(C(=O)c3ccc4ccccc4c3)CC2)cc1)c1ccc2ccccc2c1. The number of piperazine rings is 1. The minimum absolute atomic E-state index is 0.0807. The lowest BCUT2D eigenvalue weighted by Gasteiger charge is -2.36. The lowest BCUT2D eigenvalue weighted by Crippen LogP contribution is -2.48. The first-order valence-electron chi connectivity index (χ1n) is 12.6. The van der Waals surface area contributed by atoms with Gasteiger partial charge >= 0.3 is 0 Å². The molecule has 0 bridgehead atoms. The van der Waals surface area contributed by atoms with E-state index in [1.807, 2.05) is 108 Å². The van der Waals surface area contributed by atoms with Gasteiger partial charge in [-0.25, -0.2) is 0 Å². The summed E-state index contributed by atoms with van der Waals surface area (Å²) in [7, 11) is 0. The van der Waals surface area contributed by atoms with E-state index in [2.05, 4.69) is 16.3 Å². The van der Waals surface area contributed by atoms with Crippen LogP contribution >= 0.6 is 0 Å². The standard InChI is InChI=1S/C32H27N3O2/c36-31(27-11-9-23-5-1-3-7-25(23)21-27)33-29-13-15-30(16-14-29)34-17-19-35(20-18-34)32(37)28-12-10-24-6-2-4-8-26(24)22-28/h1-16,21-22H,17-20H2,(H,33,36). The average Bonchev–Trinajstić information content (AvgIpc) is 2.97. The molecule has 0 saturated carbocycles. The predicted octanol–water partition coefficient (Wildman–Crippen LogP) is 6.21. The van der Waals surface area contributed by atoms with Crippen LogP contribution in [0, 0.1) is 0 Å². The normalized spacial score (nSPS) is 13.6. The summed E-state index contributed by atoms with van der Waals surface area (Å²) < 4.78 is 0. The smallest absolute Gasteiger partial charge is 0.255 e. The third-order valence-corrected chi connectivity index (χ3v) is 7.07. The van der Waals surface area contributed by atoms with Gasteiger partial charge in [-0.3, -0.25) is 9.59 Å². The minimum atomic E-state index is -0.126. The third-order valence-electron chi connectivity index (χ3n) is 7.07. The van der Waals surface area contributed by atoms with Gasteiger partial charge in [0.05, 0.1) is 0 Å². The molecule has 1 N–H and O–H groups in total. The Morgan fingerprint density at radius 3 is 1.73 bits per heavy atom. The van der Waals surface area contributed by atoms with Gasteiger partial charge in [0.15, 0.2) is 0 Å². The molecule has 5 heteroatoms. The Morgan fingerprint density at radius 2 is 1.11 bits per heavy atom. The Kier molecular flexibility index (Phi) is 6.03. The second kappa shape index (κ2) is 9.78. The fraction of sp³-hybridized carbons (Fsp3) is 0.125. The van der Waals surface area contributed by atoms with Crippen LogP contribution in [0.1, 0.15) is 20.7 Å². The first-order chi connectivity index (χ1) is 18.1. The monoisotopic (exact) mass is 485 g/mol. The number of anilines is 2. The number of rotatable bonds is 4. The van der Waals surface area contributed by atoms with Crippen LogP contribution in [0.2, 0.25) is 0 Å². The molecule has 1 fully saturated rings. The lowest BCUT2D eigenvalue weighted by molar-refractivity contribution is 0.0746. The van der Waals surface area contributed by atoms with Crippen LogP contribution in [-0.2, 0) is 0 Å². The van der Waals surface area contributed by atoms with Crippen LogP contribution in [0.4, 0.5) is 11.4 Å². The number of fused-ring (bicyclic) bond motifs is 2. The Balaban J connectivity index is 1.07. The second-order valence-electron chi connectivity index (χ2n) is 9.40. The molecule has 0 atom stereocenters. The van der Waals surface area contributed by atoms with Gasteiger partial charge in [0.1, 0.15) is 0 Å². The van der Waals surface area contributed by atoms with Crippen molar-refractivity contribution in [3.8, 4) is 0 Å². The summed E-state index contributed by atoms with van der Waals surface area (Å²) in [5.41, 5.74) is 3.21. The third kappa shape index (κ3) is 4.76. The maximum Gasteiger partial charge on any atom is 0.255 e. The van der Waals surface area contributed by atoms with Crippen LogP contribution in [0.5, 0.6) is 0 Å². The van der Waals surface area contributed by atoms with E-state index in [1.54, 1.807) is 0 Å². The minimum Gasteiger partial charge on any atom is -0.368 e. The summed E-state index contributed by atoms with van der Waals surface area (Å²) in [5.74, 6) is -0.0449. The Morgan fingerprint density at radius 1 is 0.568 bits per heavy atom. The van der Waals surface area contributed by atoms with E-state index in [1.165, 1.54) is 0 Å². The van der Waals surface area contributed by atoms with Crippen molar-refractivity contribution in [1.82, 2.24) is 4.90 Å². The highest BCUT2D eigenvalue weighted by molar-refractivity contribution is 6.06. The largest absolute Gasteiger partial charge is 0.368 e. The molecule has 182 valence electrons. The summed E-state index contributed by atoms with van der Waals surface area (Å²) in [6.07, 6.45) is 0. The topological polar surface area (TPSA) is 52.7 Å². The first kappa shape index (κ1) is 22.8. The van der Waals surface area contributed by atoms with Crippen LogP contribution in [0.3, 0.4) is 0 Å². The molecule has 1 heterocycles. The van der Waals surface area contributed by atoms with Crippen LogP contribution in [0.15, 0.2) is 109 Å². The average molecular weight is 486 g/mol. The second-order valence-corrected chi connectivity index (χ2v) is 9.40. The highest BCUT2D eigenvalue weighted by Crippen LogP contribution is 2.23. The number of amides is 2. The zero-order valence-corrected chi connectivity index (χ0v) is 20.4. The van der Waals surface area contributed by atoms with Crippen LogP contribution < -0.4 is 10.2 Å². The lowest BCUT2D eigenvalue weighted by atomic mass is 10.1. The zero-order chi connectivity index (χ0) is 25.2. The summed E-state index contributed by atoms with van der Waals surface area (Å²) in [6, 6.07) is 35.7. The van der Waals surface area contributed by atoms with Gasteiger partial charge in [-0.1, -0.05) is 60.7 Å². The van der Waals surface area contributed by atoms with Crippen molar-refractivity contribution in [1.29, 1.82) is 0 Å². The quantitative estimate of drug-likeness (QED) is 0.329. The number of carbonyl (C=O) groups excluding carboxylic acids is 2. The van der Waals surface area contributed by atoms with E-state index in [0.717, 1.165) is 51.6 Å². The highest BCUT2D eigenvalue weighted by Gasteiger charge is 2.22. The summed E-state index contributed by atoms with van der Waals surface area (Å²) in [6.45, 7) is 2.88. The molecule has 6 rings (SSSR count). The van der Waals surface area contributed by atoms with E-state index in [9.17, 15) is 9.59 Å². The maximum atomic E-state index is 13.1. The van der Waals surface area contributed by atoms with Crippen molar-refractivity contribution in [2.45, 2.75) is 0 Å². The summed E-state index contributed by atoms with van der Waals surface area (Å²) in [5, 5.41) is 7.38. The fourth-order valence-electron chi connectivity index (χ4n) is 4.96. The fourth-order valence-corrected chi connectivity index (χ4v) is 4.96. The summed E-state index contributed by atoms with van der Waals surface area (Å²) in [4.78, 5) is 30.1. The van der Waals surface area contributed by atoms with Gasteiger partial charge in [-0.05, 0) is 70.1 Å². The van der Waals surface area contributed by atoms with Gasteiger partial charge < -0.3 is 15.1 Å². The van der Waals surface area contributed by atoms with Crippen LogP contribution in [0.25, 0.3) is 21.5 Å². The molecule has 0 spiro atoms. The predicted molar refractivity (Wildman–Crippen MR) is 150 cm³/mol. The molecule has 1 aliphatic rings. The van der Waals surface area contributed by atoms with Crippen molar-refractivity contribution in [2.75, 3.05) is 36.4 Å². The molecule has 37 heavy (non-hydrogen) atoms. The van der Waals surface area contributed by atoms with E-state index < -0.39 is 0 Å². The van der Waals surface area contributed by atoms with Gasteiger partial charge in [-0.15, -0.1) is 0 Å². The van der Waals surface area contributed by atoms with E-state index >= 15 is 0 Å². The zero-order valence-electron chi connectivity index (χ0n) is 20.4. The maximum absolute atomic E-state index is 13.1. The molecule has 0 aliphatic carbocycles. The number of carbonyl (C=O) groups is 2. The van der Waals surface area contributed by atoms with Gasteiger partial charge in [0, 0.05) is 48.7 Å². The van der Waals surface area contributed by atoms with Gasteiger partial charge in [0.2, 0.25) is 0 Å². The number of nitrogens with zero attached hydrogens (tertiary/aromatic N) is 2. The molecule has 0 aromatic heterocycles. The molecular formula is C32H27N3O2. The van der Waals surface area contributed by atoms with Crippen molar-refractivity contribution in [3.63, 3.8) is 0 Å². The van der Waals surface area contributed by atoms with E-state index in [0.29, 0.717) is 18.7 Å². The Bertz CT molecular complexity index is 1600. The van der Waals surface area contributed by atoms with Gasteiger partial charge in [-0.2, -0.15) is 0 Å². The van der Waals surface area contributed by atoms with Crippen molar-refractivity contribution >= 4 is 44.7 Å². The highest BCUT2D eigenvalue weighted by atomic mass is 16.2. The summed E-state index contributed by atoms with van der Waals surface area (Å²) >= 11 is 0. The molecule has 0 radical (unpaired) electrons. The number of hydrogen-bond donors (Lipinski definition) is 1. The molecule has 2 amide bonds. The van der Waals surface area contributed by atoms with Crippen molar-refractivity contribution in [2.24, 2.45) is 0 Å². The molecule has 1 saturated heterocycles. The molecular weight excluding hydrogens is 458 g/mol. The van der Waals surface area contributed by atoms with Crippen molar-refractivity contribution in [3.05, 3.63) is 120 Å². The Labute approximate surface area is 215 Å². The van der Waals surface area contributed by atoms with Crippen LogP contribution in [-0.4, -0.2) is 42.9 Å². The molecule has 5 nitrogen and oxygen atoms in total. The van der Waals surface area contributed by atoms with Gasteiger partial charge in [0.25, 0.3) is 11.8 Å². The van der Waals surface area contributed by atoms with E-state index in [4.69, 9.17) is 0 Å². The Hall–Kier alpha value is -4.64. The first-order valence-corrected chi connectivity index (χ1v) is 12.6. The van der Waals surface area contributed by atoms with Crippen molar-refractivity contribution < 1.29 is 9.59 Å².